The van der Waals surface area contributed by atoms with Gasteiger partial charge in [0.25, 0.3) is 0 Å². The maximum absolute atomic E-state index is 4.07. The molecule has 0 aliphatic heterocycles. The van der Waals surface area contributed by atoms with E-state index < -0.39 is 18.4 Å². The molecule has 0 N–H and O–H groups in total. The first-order chi connectivity index (χ1) is 11.2. The van der Waals surface area contributed by atoms with Gasteiger partial charge in [0.2, 0.25) is 0 Å². The first-order valence-electron chi connectivity index (χ1n) is 10.5. The van der Waals surface area contributed by atoms with Crippen LogP contribution in [0, 0.1) is 5.92 Å². The van der Waals surface area contributed by atoms with Gasteiger partial charge in [-0.05, 0) is 0 Å². The molecule has 1 aliphatic carbocycles. The van der Waals surface area contributed by atoms with Gasteiger partial charge >= 0.3 is 151 Å². The van der Waals surface area contributed by atoms with Gasteiger partial charge in [-0.1, -0.05) is 0 Å². The zero-order valence-electron chi connectivity index (χ0n) is 16.3. The Balaban J connectivity index is 3.02. The minimum atomic E-state index is -2.11. The van der Waals surface area contributed by atoms with Crippen molar-refractivity contribution in [2.75, 3.05) is 0 Å². The molecule has 1 aliphatic rings. The van der Waals surface area contributed by atoms with Gasteiger partial charge in [0.15, 0.2) is 0 Å². The van der Waals surface area contributed by atoms with Gasteiger partial charge < -0.3 is 0 Å². The summed E-state index contributed by atoms with van der Waals surface area (Å²) in [5.74, 6) is 0.911. The first-order valence-corrected chi connectivity index (χ1v) is 18.2. The van der Waals surface area contributed by atoms with Crippen LogP contribution in [0.2, 0.25) is 13.3 Å². The summed E-state index contributed by atoms with van der Waals surface area (Å²) in [7, 11) is 0. The van der Waals surface area contributed by atoms with Crippen LogP contribution in [0.3, 0.4) is 0 Å². The molecule has 134 valence electrons. The number of unbranched alkanes of at least 4 members (excludes halogenated alkanes) is 3. The molecular weight excluding hydrogens is 383 g/mol. The molecule has 0 atom stereocenters. The Morgan fingerprint density at radius 3 is 1.78 bits per heavy atom. The second-order valence-electron chi connectivity index (χ2n) is 7.87. The van der Waals surface area contributed by atoms with Crippen molar-refractivity contribution in [2.24, 2.45) is 5.92 Å². The third-order valence-electron chi connectivity index (χ3n) is 5.84. The van der Waals surface area contributed by atoms with E-state index in [0.717, 1.165) is 5.92 Å². The Hall–Kier alpha value is 0.279. The summed E-state index contributed by atoms with van der Waals surface area (Å²) >= 11 is -2.11. The molecular formula is C22H42Sn. The van der Waals surface area contributed by atoms with E-state index in [1.54, 1.807) is 13.3 Å². The van der Waals surface area contributed by atoms with Gasteiger partial charge in [-0.25, -0.2) is 0 Å². The van der Waals surface area contributed by atoms with Crippen molar-refractivity contribution in [1.29, 1.82) is 0 Å². The Kier molecular flexibility index (Phi) is 11.7. The molecule has 0 saturated heterocycles. The predicted molar refractivity (Wildman–Crippen MR) is 110 cm³/mol. The number of hydrogen-bond donors (Lipinski definition) is 0. The topological polar surface area (TPSA) is 0 Å². The van der Waals surface area contributed by atoms with Crippen molar-refractivity contribution in [3.63, 3.8) is 0 Å². The second-order valence-corrected chi connectivity index (χ2v) is 20.7. The van der Waals surface area contributed by atoms with Gasteiger partial charge in [0, 0.05) is 0 Å². The molecule has 0 unspecified atom stereocenters. The van der Waals surface area contributed by atoms with E-state index in [9.17, 15) is 0 Å². The summed E-state index contributed by atoms with van der Waals surface area (Å²) in [5.41, 5.74) is 1.83. The van der Waals surface area contributed by atoms with Crippen LogP contribution >= 0.6 is 0 Å². The average Bonchev–Trinajstić information content (AvgIpc) is 3.10. The van der Waals surface area contributed by atoms with Crippen LogP contribution in [0.15, 0.2) is 22.3 Å². The summed E-state index contributed by atoms with van der Waals surface area (Å²) in [6.07, 6.45) is 17.8. The van der Waals surface area contributed by atoms with Crippen molar-refractivity contribution in [2.45, 2.75) is 105 Å². The minimum absolute atomic E-state index is 0.911. The molecule has 0 heterocycles. The van der Waals surface area contributed by atoms with Crippen LogP contribution in [0.5, 0.6) is 0 Å². The summed E-state index contributed by atoms with van der Waals surface area (Å²) < 4.78 is 7.82. The van der Waals surface area contributed by atoms with E-state index in [-0.39, 0.29) is 0 Å². The molecule has 1 heteroatoms. The Morgan fingerprint density at radius 1 is 0.913 bits per heavy atom. The fourth-order valence-corrected chi connectivity index (χ4v) is 20.1. The molecule has 1 saturated carbocycles. The van der Waals surface area contributed by atoms with Crippen LogP contribution in [0.25, 0.3) is 0 Å². The third kappa shape index (κ3) is 7.80. The van der Waals surface area contributed by atoms with E-state index in [0.29, 0.717) is 0 Å². The number of hydrogen-bond acceptors (Lipinski definition) is 0. The zero-order valence-corrected chi connectivity index (χ0v) is 19.2. The van der Waals surface area contributed by atoms with Crippen LogP contribution < -0.4 is 0 Å². The molecule has 0 aromatic heterocycles. The Bertz CT molecular complexity index is 314. The van der Waals surface area contributed by atoms with Crippen LogP contribution in [-0.4, -0.2) is 18.4 Å². The number of rotatable bonds is 13. The predicted octanol–water partition coefficient (Wildman–Crippen LogP) is 8.07. The van der Waals surface area contributed by atoms with Crippen LogP contribution in [0.4, 0.5) is 0 Å². The Morgan fingerprint density at radius 2 is 1.39 bits per heavy atom. The van der Waals surface area contributed by atoms with E-state index in [1.165, 1.54) is 70.6 Å². The van der Waals surface area contributed by atoms with Crippen molar-refractivity contribution in [3.05, 3.63) is 22.3 Å². The van der Waals surface area contributed by atoms with E-state index in [1.807, 2.05) is 5.57 Å². The van der Waals surface area contributed by atoms with E-state index in [2.05, 4.69) is 37.5 Å². The molecule has 1 rings (SSSR count). The SMILES string of the molecule is C=CC/C(=[CH]\[Sn]([CH2]CCC)([CH2]CCC)[CH2]CCC)C1CCCC1. The van der Waals surface area contributed by atoms with Crippen LogP contribution in [0.1, 0.15) is 91.4 Å². The third-order valence-corrected chi connectivity index (χ3v) is 20.2. The second kappa shape index (κ2) is 12.6. The van der Waals surface area contributed by atoms with Gasteiger partial charge in [-0.2, -0.15) is 0 Å². The molecule has 0 spiro atoms. The van der Waals surface area contributed by atoms with Gasteiger partial charge in [0.1, 0.15) is 0 Å². The summed E-state index contributed by atoms with van der Waals surface area (Å²) in [5, 5.41) is 0. The molecule has 1 fully saturated rings. The molecule has 0 aromatic rings. The van der Waals surface area contributed by atoms with Crippen LogP contribution in [-0.2, 0) is 0 Å². The first kappa shape index (κ1) is 21.3. The Labute approximate surface area is 151 Å². The standard InChI is InChI=1S/C10H15.3C4H9.Sn/c1-3-6-9(2)10-7-4-5-8-10;3*1-3-4-2;/h2-3,10H,1,4-8H2;3*1,3-4H2,2H3;. The summed E-state index contributed by atoms with van der Waals surface area (Å²) in [4.78, 5) is 0. The zero-order chi connectivity index (χ0) is 17.0. The maximum atomic E-state index is 4.07. The molecule has 0 radical (unpaired) electrons. The van der Waals surface area contributed by atoms with Crippen molar-refractivity contribution >= 4 is 18.4 Å². The van der Waals surface area contributed by atoms with Crippen molar-refractivity contribution < 1.29 is 0 Å². The van der Waals surface area contributed by atoms with Gasteiger partial charge in [0.05, 0.1) is 0 Å². The molecule has 23 heavy (non-hydrogen) atoms. The van der Waals surface area contributed by atoms with Gasteiger partial charge in [-0.15, -0.1) is 0 Å². The molecule has 0 aromatic carbocycles. The molecule has 0 nitrogen and oxygen atoms in total. The molecule has 0 amide bonds. The fraction of sp³-hybridized carbons (Fsp3) is 0.818. The quantitative estimate of drug-likeness (QED) is 0.207. The summed E-state index contributed by atoms with van der Waals surface area (Å²) in [6, 6.07) is 0. The normalized spacial score (nSPS) is 16.9. The monoisotopic (exact) mass is 426 g/mol. The molecule has 0 bridgehead atoms. The van der Waals surface area contributed by atoms with E-state index in [4.69, 9.17) is 0 Å². The van der Waals surface area contributed by atoms with E-state index >= 15 is 0 Å². The fourth-order valence-electron chi connectivity index (χ4n) is 4.38. The van der Waals surface area contributed by atoms with Crippen molar-refractivity contribution in [3.8, 4) is 0 Å². The number of allylic oxidation sites excluding steroid dienone is 2. The average molecular weight is 425 g/mol. The van der Waals surface area contributed by atoms with Gasteiger partial charge in [-0.3, -0.25) is 0 Å². The summed E-state index contributed by atoms with van der Waals surface area (Å²) in [6.45, 7) is 11.2. The van der Waals surface area contributed by atoms with Crippen molar-refractivity contribution in [1.82, 2.24) is 0 Å².